The van der Waals surface area contributed by atoms with Gasteiger partial charge in [0, 0.05) is 5.75 Å². The largest absolute Gasteiger partial charge is 0.558 e. The van der Waals surface area contributed by atoms with E-state index in [2.05, 4.69) is 11.4 Å². The Morgan fingerprint density at radius 1 is 1.04 bits per heavy atom. The molecule has 0 aliphatic heterocycles. The Kier molecular flexibility index (Phi) is 17.9. The number of unbranched alkanes of at least 4 members (excludes halogenated alkanes) is 9. The second kappa shape index (κ2) is 18.7. The van der Waals surface area contributed by atoms with Gasteiger partial charge in [-0.2, -0.15) is 0 Å². The minimum Gasteiger partial charge on any atom is -0.558 e. The predicted octanol–water partition coefficient (Wildman–Crippen LogP) is 3.80. The first kappa shape index (κ1) is 24.9. The molecule has 1 aromatic carbocycles. The van der Waals surface area contributed by atoms with Gasteiger partial charge in [0.25, 0.3) is 5.17 Å². The fourth-order valence-electron chi connectivity index (χ4n) is 2.35. The first-order valence-corrected chi connectivity index (χ1v) is 11.5. The zero-order valence-corrected chi connectivity index (χ0v) is 17.6. The van der Waals surface area contributed by atoms with Crippen molar-refractivity contribution in [1.29, 1.82) is 0 Å². The summed E-state index contributed by atoms with van der Waals surface area (Å²) in [5.41, 5.74) is 5.37. The number of amidine groups is 1. The maximum atomic E-state index is 9.98. The lowest BCUT2D eigenvalue weighted by atomic mass is 10.1. The second-order valence-electron chi connectivity index (χ2n) is 6.06. The summed E-state index contributed by atoms with van der Waals surface area (Å²) in [6.45, 7) is 2.27. The summed E-state index contributed by atoms with van der Waals surface area (Å²) in [7, 11) is -2.78. The summed E-state index contributed by atoms with van der Waals surface area (Å²) in [5, 5.41) is 5.88. The van der Waals surface area contributed by atoms with Crippen LogP contribution in [0.3, 0.4) is 0 Å². The fourth-order valence-corrected chi connectivity index (χ4v) is 3.22. The molecule has 0 aliphatic rings. The van der Waals surface area contributed by atoms with Gasteiger partial charge >= 0.3 is 8.25 Å². The molecule has 0 aromatic heterocycles. The summed E-state index contributed by atoms with van der Waals surface area (Å²) >= 11 is 1.58. The van der Waals surface area contributed by atoms with Crippen molar-refractivity contribution in [3.63, 3.8) is 0 Å². The van der Waals surface area contributed by atoms with E-state index in [1.54, 1.807) is 42.1 Å². The van der Waals surface area contributed by atoms with Crippen molar-refractivity contribution >= 4 is 25.2 Å². The maximum Gasteiger partial charge on any atom is 0.539 e. The monoisotopic (exact) mass is 401 g/mol. The Bertz CT molecular complexity index is 475. The third-order valence-electron chi connectivity index (χ3n) is 3.69. The molecule has 0 aliphatic carbocycles. The summed E-state index contributed by atoms with van der Waals surface area (Å²) in [6.07, 6.45) is 13.8. The van der Waals surface area contributed by atoms with Crippen molar-refractivity contribution in [3.05, 3.63) is 30.3 Å². The number of thioether (sulfide) groups is 1. The van der Waals surface area contributed by atoms with Crippen LogP contribution in [0.5, 0.6) is 5.75 Å². The zero-order chi connectivity index (χ0) is 19.5. The third kappa shape index (κ3) is 19.2. The molecule has 26 heavy (non-hydrogen) atoms. The van der Waals surface area contributed by atoms with Gasteiger partial charge in [0.1, 0.15) is 0 Å². The molecule has 0 saturated heterocycles. The van der Waals surface area contributed by atoms with E-state index < -0.39 is 8.25 Å². The van der Waals surface area contributed by atoms with Crippen LogP contribution in [0.2, 0.25) is 0 Å². The van der Waals surface area contributed by atoms with E-state index in [1.165, 1.54) is 64.2 Å². The van der Waals surface area contributed by atoms with Crippen LogP contribution in [-0.2, 0) is 4.57 Å². The Labute approximate surface area is 163 Å². The van der Waals surface area contributed by atoms with Crippen molar-refractivity contribution in [2.24, 2.45) is 5.73 Å². The van der Waals surface area contributed by atoms with Crippen LogP contribution in [0, 0.1) is 0 Å². The number of rotatable bonds is 13. The molecule has 5 nitrogen and oxygen atoms in total. The van der Waals surface area contributed by atoms with Crippen LogP contribution < -0.4 is 20.6 Å². The molecule has 1 aromatic rings. The van der Waals surface area contributed by atoms with Gasteiger partial charge in [-0.1, -0.05) is 82.9 Å². The van der Waals surface area contributed by atoms with Gasteiger partial charge in [-0.15, -0.1) is 0 Å². The molecule has 1 rings (SSSR count). The van der Waals surface area contributed by atoms with Crippen molar-refractivity contribution in [2.75, 3.05) is 5.75 Å². The molecular formula is C19H34N2O3PS+. The Balaban J connectivity index is 0.000000531. The minimum absolute atomic E-state index is 0.346. The lowest BCUT2D eigenvalue weighted by molar-refractivity contribution is -0.178. The van der Waals surface area contributed by atoms with E-state index in [1.807, 2.05) is 0 Å². The standard InChI is InChI=1S/C13H28N2S.C6H5O3P/c1-2-3-4-5-6-7-8-9-10-11-12-16-13(14)15;7-10(8)9-6-4-2-1-3-5-6/h2-12H2,1H3,(H3,14,15);1-5H/p+1. The molecule has 0 spiro atoms. The van der Waals surface area contributed by atoms with Crippen LogP contribution in [0.1, 0.15) is 71.1 Å². The molecule has 1 atom stereocenters. The van der Waals surface area contributed by atoms with Gasteiger partial charge in [-0.25, -0.2) is 0 Å². The molecule has 0 fully saturated rings. The summed E-state index contributed by atoms with van der Waals surface area (Å²) in [6, 6.07) is 8.34. The quantitative estimate of drug-likeness (QED) is 0.227. The molecule has 0 radical (unpaired) electrons. The predicted molar refractivity (Wildman–Crippen MR) is 110 cm³/mol. The Morgan fingerprint density at radius 3 is 2.00 bits per heavy atom. The smallest absolute Gasteiger partial charge is 0.539 e. The van der Waals surface area contributed by atoms with E-state index in [4.69, 9.17) is 11.1 Å². The summed E-state index contributed by atoms with van der Waals surface area (Å²) in [4.78, 5) is 9.98. The fraction of sp³-hybridized carbons (Fsp3) is 0.632. The molecular weight excluding hydrogens is 367 g/mol. The van der Waals surface area contributed by atoms with Crippen molar-refractivity contribution in [1.82, 2.24) is 0 Å². The molecule has 0 amide bonds. The summed E-state index contributed by atoms with van der Waals surface area (Å²) in [5.74, 6) is 1.43. The number of benzene rings is 1. The average Bonchev–Trinajstić information content (AvgIpc) is 2.60. The highest BCUT2D eigenvalue weighted by Gasteiger charge is 2.01. The number of nitrogens with two attached hydrogens (primary N) is 2. The molecule has 7 heteroatoms. The third-order valence-corrected chi connectivity index (χ3v) is 4.88. The summed E-state index contributed by atoms with van der Waals surface area (Å²) < 4.78 is 14.4. The first-order chi connectivity index (χ1) is 12.6. The van der Waals surface area contributed by atoms with E-state index in [0.29, 0.717) is 10.9 Å². The van der Waals surface area contributed by atoms with Gasteiger partial charge < -0.3 is 4.89 Å². The van der Waals surface area contributed by atoms with Crippen LogP contribution in [0.15, 0.2) is 30.3 Å². The highest BCUT2D eigenvalue weighted by Crippen LogP contribution is 2.18. The van der Waals surface area contributed by atoms with Crippen molar-refractivity contribution < 1.29 is 19.4 Å². The van der Waals surface area contributed by atoms with E-state index in [0.717, 1.165) is 5.75 Å². The maximum absolute atomic E-state index is 9.98. The SMILES string of the molecule is CCCCCCCCCCCCSC(N)=[NH2+].O=[P+]([O-])Oc1ccccc1. The molecule has 148 valence electrons. The van der Waals surface area contributed by atoms with E-state index >= 15 is 0 Å². The van der Waals surface area contributed by atoms with Crippen LogP contribution >= 0.6 is 20.0 Å². The molecule has 0 bridgehead atoms. The highest BCUT2D eigenvalue weighted by molar-refractivity contribution is 8.13. The average molecular weight is 402 g/mol. The molecule has 4 N–H and O–H groups in total. The van der Waals surface area contributed by atoms with Gasteiger partial charge in [0.2, 0.25) is 0 Å². The topological polar surface area (TPSA) is 101 Å². The lowest BCUT2D eigenvalue weighted by Gasteiger charge is -2.01. The molecule has 0 heterocycles. The minimum atomic E-state index is -2.78. The number of hydrogen-bond donors (Lipinski definition) is 2. The Morgan fingerprint density at radius 2 is 1.54 bits per heavy atom. The van der Waals surface area contributed by atoms with Crippen LogP contribution in [0.4, 0.5) is 0 Å². The van der Waals surface area contributed by atoms with Gasteiger partial charge in [-0.05, 0) is 34.9 Å². The molecule has 0 saturated carbocycles. The second-order valence-corrected chi connectivity index (χ2v) is 7.86. The van der Waals surface area contributed by atoms with E-state index in [-0.39, 0.29) is 0 Å². The normalized spacial score (nSPS) is 10.6. The van der Waals surface area contributed by atoms with Gasteiger partial charge in [-0.3, -0.25) is 15.7 Å². The van der Waals surface area contributed by atoms with Crippen LogP contribution in [0.25, 0.3) is 0 Å². The number of hydrogen-bond acceptors (Lipinski definition) is 4. The van der Waals surface area contributed by atoms with Gasteiger partial charge in [0.05, 0.1) is 0 Å². The van der Waals surface area contributed by atoms with Crippen LogP contribution in [-0.4, -0.2) is 10.9 Å². The zero-order valence-electron chi connectivity index (χ0n) is 15.9. The van der Waals surface area contributed by atoms with Crippen molar-refractivity contribution in [2.45, 2.75) is 71.1 Å². The number of para-hydroxylation sites is 1. The Hall–Kier alpha value is -1.10. The highest BCUT2D eigenvalue weighted by atomic mass is 32.2. The van der Waals surface area contributed by atoms with Crippen molar-refractivity contribution in [3.8, 4) is 5.75 Å². The lowest BCUT2D eigenvalue weighted by Crippen LogP contribution is -2.43. The first-order valence-electron chi connectivity index (χ1n) is 9.44. The van der Waals surface area contributed by atoms with Gasteiger partial charge in [0.15, 0.2) is 5.75 Å². The van der Waals surface area contributed by atoms with E-state index in [9.17, 15) is 9.46 Å². The molecule has 1 unspecified atom stereocenters.